The molecule has 0 aromatic carbocycles. The summed E-state index contributed by atoms with van der Waals surface area (Å²) in [5, 5.41) is 2.86. The number of rotatable bonds is 4. The first kappa shape index (κ1) is 16.2. The number of carbonyl (C=O) groups is 2. The molecule has 1 unspecified atom stereocenters. The lowest BCUT2D eigenvalue weighted by molar-refractivity contribution is -0.136. The molecule has 2 aromatic rings. The highest BCUT2D eigenvalue weighted by Crippen LogP contribution is 2.15. The zero-order chi connectivity index (χ0) is 17.1. The molecule has 0 radical (unpaired) electrons. The molecule has 1 saturated heterocycles. The van der Waals surface area contributed by atoms with Gasteiger partial charge in [0.15, 0.2) is 0 Å². The third-order valence-electron chi connectivity index (χ3n) is 4.22. The van der Waals surface area contributed by atoms with Crippen molar-refractivity contribution in [2.75, 3.05) is 6.54 Å². The highest BCUT2D eigenvalue weighted by Gasteiger charge is 2.30. The van der Waals surface area contributed by atoms with E-state index < -0.39 is 6.04 Å². The smallest absolute Gasteiger partial charge is 0.253 e. The van der Waals surface area contributed by atoms with Crippen LogP contribution in [0.25, 0.3) is 0 Å². The number of aromatic nitrogens is 3. The van der Waals surface area contributed by atoms with Crippen LogP contribution in [0.15, 0.2) is 24.5 Å². The summed E-state index contributed by atoms with van der Waals surface area (Å²) in [7, 11) is 0. The monoisotopic (exact) mass is 327 g/mol. The first-order chi connectivity index (χ1) is 11.5. The molecule has 0 aliphatic carbocycles. The molecule has 3 rings (SSSR count). The van der Waals surface area contributed by atoms with Gasteiger partial charge in [-0.2, -0.15) is 0 Å². The van der Waals surface area contributed by atoms with Gasteiger partial charge in [0, 0.05) is 24.6 Å². The van der Waals surface area contributed by atoms with Gasteiger partial charge in [0.25, 0.3) is 5.91 Å². The van der Waals surface area contributed by atoms with Gasteiger partial charge in [-0.15, -0.1) is 0 Å². The zero-order valence-electron chi connectivity index (χ0n) is 13.9. The van der Waals surface area contributed by atoms with Crippen molar-refractivity contribution in [1.82, 2.24) is 25.2 Å². The second-order valence-electron chi connectivity index (χ2n) is 6.04. The second-order valence-corrected chi connectivity index (χ2v) is 6.04. The summed E-state index contributed by atoms with van der Waals surface area (Å²) in [6.45, 7) is 4.78. The quantitative estimate of drug-likeness (QED) is 0.886. The average Bonchev–Trinajstić information content (AvgIpc) is 2.97. The molecule has 1 aliphatic rings. The minimum absolute atomic E-state index is 0.0564. The molecule has 1 fully saturated rings. The number of hydrogen-bond donors (Lipinski definition) is 2. The average molecular weight is 327 g/mol. The van der Waals surface area contributed by atoms with Gasteiger partial charge >= 0.3 is 0 Å². The molecular weight excluding hydrogens is 306 g/mol. The Balaban J connectivity index is 1.66. The Morgan fingerprint density at radius 1 is 1.42 bits per heavy atom. The first-order valence-electron chi connectivity index (χ1n) is 8.07. The van der Waals surface area contributed by atoms with Crippen molar-refractivity contribution >= 4 is 11.8 Å². The van der Waals surface area contributed by atoms with E-state index in [0.29, 0.717) is 30.9 Å². The topological polar surface area (TPSA) is 91.0 Å². The number of nitrogens with one attached hydrogen (secondary N) is 2. The summed E-state index contributed by atoms with van der Waals surface area (Å²) in [6.07, 6.45) is 4.93. The summed E-state index contributed by atoms with van der Waals surface area (Å²) in [4.78, 5) is 38.1. The number of H-pyrrole nitrogens is 1. The number of aromatic amines is 1. The first-order valence-corrected chi connectivity index (χ1v) is 8.07. The number of hydrogen-bond acceptors (Lipinski definition) is 4. The fraction of sp³-hybridized carbons (Fsp3) is 0.412. The molecular formula is C17H21N5O2. The lowest BCUT2D eigenvalue weighted by Crippen LogP contribution is -2.52. The van der Waals surface area contributed by atoms with Crippen LogP contribution >= 0.6 is 0 Å². The Morgan fingerprint density at radius 2 is 2.25 bits per heavy atom. The number of carbonyl (C=O) groups excluding carboxylic acids is 2. The molecule has 1 atom stereocenters. The molecule has 2 aromatic heterocycles. The molecule has 0 spiro atoms. The van der Waals surface area contributed by atoms with Crippen molar-refractivity contribution in [3.63, 3.8) is 0 Å². The van der Waals surface area contributed by atoms with E-state index in [0.717, 1.165) is 17.8 Å². The molecule has 0 bridgehead atoms. The minimum atomic E-state index is -0.483. The van der Waals surface area contributed by atoms with Gasteiger partial charge in [-0.3, -0.25) is 9.59 Å². The number of likely N-dealkylation sites (tertiary alicyclic amines) is 1. The van der Waals surface area contributed by atoms with Gasteiger partial charge in [0.2, 0.25) is 5.91 Å². The van der Waals surface area contributed by atoms with Crippen molar-refractivity contribution in [3.05, 3.63) is 47.3 Å². The molecule has 2 N–H and O–H groups in total. The Bertz CT molecular complexity index is 755. The minimum Gasteiger partial charge on any atom is -0.365 e. The number of nitrogens with zero attached hydrogens (tertiary/aromatic N) is 3. The third-order valence-corrected chi connectivity index (χ3v) is 4.22. The van der Waals surface area contributed by atoms with Crippen LogP contribution in [0.2, 0.25) is 0 Å². The van der Waals surface area contributed by atoms with Gasteiger partial charge in [0.05, 0.1) is 17.8 Å². The van der Waals surface area contributed by atoms with E-state index in [1.165, 1.54) is 0 Å². The fourth-order valence-electron chi connectivity index (χ4n) is 2.95. The second kappa shape index (κ2) is 6.82. The molecule has 7 heteroatoms. The van der Waals surface area contributed by atoms with Gasteiger partial charge in [-0.1, -0.05) is 0 Å². The predicted molar refractivity (Wildman–Crippen MR) is 88.2 cm³/mol. The number of amides is 2. The van der Waals surface area contributed by atoms with Crippen molar-refractivity contribution < 1.29 is 9.59 Å². The zero-order valence-corrected chi connectivity index (χ0v) is 13.9. The highest BCUT2D eigenvalue weighted by molar-refractivity contribution is 5.98. The molecule has 126 valence electrons. The summed E-state index contributed by atoms with van der Waals surface area (Å²) < 4.78 is 0. The Labute approximate surface area is 140 Å². The van der Waals surface area contributed by atoms with E-state index in [-0.39, 0.29) is 11.8 Å². The molecule has 3 heterocycles. The van der Waals surface area contributed by atoms with Gasteiger partial charge < -0.3 is 15.2 Å². The molecule has 7 nitrogen and oxygen atoms in total. The van der Waals surface area contributed by atoms with Crippen LogP contribution in [0.1, 0.15) is 40.4 Å². The SMILES string of the molecule is Cc1nccc(CN2CCCC(NC(=O)c3cc[nH]c3C)C2=O)n1. The predicted octanol–water partition coefficient (Wildman–Crippen LogP) is 1.34. The maximum atomic E-state index is 12.7. The van der Waals surface area contributed by atoms with Gasteiger partial charge in [-0.05, 0) is 38.8 Å². The largest absolute Gasteiger partial charge is 0.365 e. The molecule has 0 saturated carbocycles. The van der Waals surface area contributed by atoms with E-state index >= 15 is 0 Å². The Kier molecular flexibility index (Phi) is 4.59. The maximum Gasteiger partial charge on any atom is 0.253 e. The summed E-state index contributed by atoms with van der Waals surface area (Å²) in [6, 6.07) is 3.05. The van der Waals surface area contributed by atoms with Crippen LogP contribution < -0.4 is 5.32 Å². The third kappa shape index (κ3) is 3.45. The van der Waals surface area contributed by atoms with Crippen LogP contribution in [0, 0.1) is 13.8 Å². The van der Waals surface area contributed by atoms with Crippen molar-refractivity contribution in [2.24, 2.45) is 0 Å². The summed E-state index contributed by atoms with van der Waals surface area (Å²) in [5.74, 6) is 0.413. The van der Waals surface area contributed by atoms with Crippen LogP contribution in [-0.4, -0.2) is 44.3 Å². The van der Waals surface area contributed by atoms with Crippen LogP contribution in [0.4, 0.5) is 0 Å². The van der Waals surface area contributed by atoms with Crippen molar-refractivity contribution in [2.45, 2.75) is 39.3 Å². The lowest BCUT2D eigenvalue weighted by atomic mass is 10.0. The number of piperidine rings is 1. The molecule has 2 amide bonds. The van der Waals surface area contributed by atoms with Crippen molar-refractivity contribution in [1.29, 1.82) is 0 Å². The molecule has 1 aliphatic heterocycles. The van der Waals surface area contributed by atoms with Crippen molar-refractivity contribution in [3.8, 4) is 0 Å². The van der Waals surface area contributed by atoms with Crippen LogP contribution in [0.5, 0.6) is 0 Å². The Hall–Kier alpha value is -2.70. The fourth-order valence-corrected chi connectivity index (χ4v) is 2.95. The van der Waals surface area contributed by atoms with Crippen LogP contribution in [0.3, 0.4) is 0 Å². The number of aryl methyl sites for hydroxylation is 2. The summed E-state index contributed by atoms with van der Waals surface area (Å²) in [5.41, 5.74) is 2.18. The van der Waals surface area contributed by atoms with E-state index in [2.05, 4.69) is 20.3 Å². The van der Waals surface area contributed by atoms with Gasteiger partial charge in [-0.25, -0.2) is 9.97 Å². The van der Waals surface area contributed by atoms with E-state index in [1.54, 1.807) is 23.4 Å². The van der Waals surface area contributed by atoms with Crippen LogP contribution in [-0.2, 0) is 11.3 Å². The Morgan fingerprint density at radius 3 is 2.96 bits per heavy atom. The normalized spacial score (nSPS) is 17.8. The summed E-state index contributed by atoms with van der Waals surface area (Å²) >= 11 is 0. The van der Waals surface area contributed by atoms with Gasteiger partial charge in [0.1, 0.15) is 11.9 Å². The molecule has 24 heavy (non-hydrogen) atoms. The standard InChI is InChI=1S/C17H21N5O2/c1-11-14(6-8-18-11)16(23)21-15-4-3-9-22(17(15)24)10-13-5-7-19-12(2)20-13/h5-8,15,18H,3-4,9-10H2,1-2H3,(H,21,23). The lowest BCUT2D eigenvalue weighted by Gasteiger charge is -2.32. The van der Waals surface area contributed by atoms with E-state index in [4.69, 9.17) is 0 Å². The van der Waals surface area contributed by atoms with E-state index in [9.17, 15) is 9.59 Å². The van der Waals surface area contributed by atoms with E-state index in [1.807, 2.05) is 19.9 Å². The maximum absolute atomic E-state index is 12.7. The highest BCUT2D eigenvalue weighted by atomic mass is 16.2.